The number of hydrogen-bond acceptors (Lipinski definition) is 2. The first-order chi connectivity index (χ1) is 7.08. The third kappa shape index (κ3) is 2.56. The van der Waals surface area contributed by atoms with E-state index in [1.54, 1.807) is 19.1 Å². The number of aryl methyl sites for hydroxylation is 1. The van der Waals surface area contributed by atoms with Crippen LogP contribution in [-0.4, -0.2) is 0 Å². The number of nitrogens with zero attached hydrogens (tertiary/aromatic N) is 2. The molecule has 74 valence electrons. The summed E-state index contributed by atoms with van der Waals surface area (Å²) in [5, 5.41) is 17.3. The molecule has 4 heteroatoms. The zero-order valence-corrected chi connectivity index (χ0v) is 8.64. The molecule has 0 amide bonds. The van der Waals surface area contributed by atoms with Crippen LogP contribution in [0.1, 0.15) is 11.1 Å². The van der Waals surface area contributed by atoms with Crippen LogP contribution in [0.5, 0.6) is 0 Å². The maximum Gasteiger partial charge on any atom is 0.131 e. The Hall–Kier alpha value is -1.84. The first-order valence-electron chi connectivity index (χ1n) is 4.06. The molecule has 1 aromatic carbocycles. The van der Waals surface area contributed by atoms with Crippen molar-refractivity contribution in [2.75, 3.05) is 0 Å². The summed E-state index contributed by atoms with van der Waals surface area (Å²) < 4.78 is 13.3. The fourth-order valence-electron chi connectivity index (χ4n) is 1.04. The zero-order chi connectivity index (χ0) is 11.4. The van der Waals surface area contributed by atoms with Crippen molar-refractivity contribution in [3.05, 3.63) is 39.7 Å². The summed E-state index contributed by atoms with van der Waals surface area (Å²) in [4.78, 5) is 0. The lowest BCUT2D eigenvalue weighted by Gasteiger charge is -2.01. The van der Waals surface area contributed by atoms with Gasteiger partial charge in [-0.25, -0.2) is 4.39 Å². The van der Waals surface area contributed by atoms with E-state index in [2.05, 4.69) is 0 Å². The monoisotopic (exact) mass is 220 g/mol. The van der Waals surface area contributed by atoms with Gasteiger partial charge in [0.2, 0.25) is 0 Å². The minimum atomic E-state index is -0.548. The van der Waals surface area contributed by atoms with E-state index in [1.807, 2.05) is 0 Å². The summed E-state index contributed by atoms with van der Waals surface area (Å²) in [5.41, 5.74) is 0.741. The topological polar surface area (TPSA) is 47.6 Å². The van der Waals surface area contributed by atoms with Gasteiger partial charge in [0.15, 0.2) is 0 Å². The van der Waals surface area contributed by atoms with Crippen LogP contribution in [-0.2, 0) is 0 Å². The Morgan fingerprint density at radius 3 is 2.53 bits per heavy atom. The highest BCUT2D eigenvalue weighted by Crippen LogP contribution is 2.21. The number of nitriles is 2. The summed E-state index contributed by atoms with van der Waals surface area (Å²) in [5.74, 6) is -0.548. The van der Waals surface area contributed by atoms with Crippen LogP contribution >= 0.6 is 11.6 Å². The van der Waals surface area contributed by atoms with Crippen molar-refractivity contribution >= 4 is 17.7 Å². The Morgan fingerprint density at radius 2 is 2.00 bits per heavy atom. The molecule has 15 heavy (non-hydrogen) atoms. The summed E-state index contributed by atoms with van der Waals surface area (Å²) in [6.07, 6.45) is 1.19. The number of halogens is 2. The summed E-state index contributed by atoms with van der Waals surface area (Å²) in [7, 11) is 0. The standard InChI is InChI=1S/C11H6ClFN2/c1-7-2-9(3-8(5-14)6-15)11(13)4-10(7)12/h2-4H,1H3. The van der Waals surface area contributed by atoms with E-state index in [0.29, 0.717) is 10.6 Å². The maximum atomic E-state index is 13.3. The minimum Gasteiger partial charge on any atom is -0.206 e. The molecule has 2 nitrogen and oxygen atoms in total. The van der Waals surface area contributed by atoms with Crippen molar-refractivity contribution in [2.45, 2.75) is 6.92 Å². The van der Waals surface area contributed by atoms with Gasteiger partial charge in [0, 0.05) is 10.6 Å². The first kappa shape index (κ1) is 11.2. The van der Waals surface area contributed by atoms with Crippen molar-refractivity contribution in [1.29, 1.82) is 10.5 Å². The van der Waals surface area contributed by atoms with Crippen LogP contribution in [0.25, 0.3) is 6.08 Å². The summed E-state index contributed by atoms with van der Waals surface area (Å²) in [6.45, 7) is 1.72. The van der Waals surface area contributed by atoms with Gasteiger partial charge in [-0.2, -0.15) is 10.5 Å². The van der Waals surface area contributed by atoms with Crippen molar-refractivity contribution in [3.63, 3.8) is 0 Å². The number of rotatable bonds is 1. The Morgan fingerprint density at radius 1 is 1.40 bits per heavy atom. The van der Waals surface area contributed by atoms with E-state index in [-0.39, 0.29) is 11.1 Å². The number of hydrogen-bond donors (Lipinski definition) is 0. The van der Waals surface area contributed by atoms with Crippen LogP contribution in [0.4, 0.5) is 4.39 Å². The minimum absolute atomic E-state index is 0.143. The van der Waals surface area contributed by atoms with Crippen molar-refractivity contribution in [3.8, 4) is 12.1 Å². The molecule has 0 saturated carbocycles. The molecule has 0 unspecified atom stereocenters. The highest BCUT2D eigenvalue weighted by atomic mass is 35.5. The largest absolute Gasteiger partial charge is 0.206 e. The van der Waals surface area contributed by atoms with Crippen LogP contribution in [0.15, 0.2) is 17.7 Å². The van der Waals surface area contributed by atoms with E-state index in [0.717, 1.165) is 6.07 Å². The Bertz CT molecular complexity index is 491. The van der Waals surface area contributed by atoms with Gasteiger partial charge in [-0.3, -0.25) is 0 Å². The van der Waals surface area contributed by atoms with E-state index >= 15 is 0 Å². The Kier molecular flexibility index (Phi) is 3.44. The van der Waals surface area contributed by atoms with E-state index < -0.39 is 5.82 Å². The van der Waals surface area contributed by atoms with Crippen LogP contribution in [0.2, 0.25) is 5.02 Å². The molecule has 0 aliphatic heterocycles. The lowest BCUT2D eigenvalue weighted by atomic mass is 10.1. The third-order valence-electron chi connectivity index (χ3n) is 1.82. The third-order valence-corrected chi connectivity index (χ3v) is 2.23. The molecule has 0 aliphatic carbocycles. The predicted octanol–water partition coefficient (Wildman–Crippen LogP) is 3.22. The zero-order valence-electron chi connectivity index (χ0n) is 7.88. The lowest BCUT2D eigenvalue weighted by Crippen LogP contribution is -1.86. The molecule has 0 bridgehead atoms. The Balaban J connectivity index is 3.30. The fraction of sp³-hybridized carbons (Fsp3) is 0.0909. The van der Waals surface area contributed by atoms with Gasteiger partial charge in [-0.05, 0) is 30.7 Å². The van der Waals surface area contributed by atoms with Gasteiger partial charge >= 0.3 is 0 Å². The molecule has 0 N–H and O–H groups in total. The van der Waals surface area contributed by atoms with Crippen molar-refractivity contribution in [1.82, 2.24) is 0 Å². The SMILES string of the molecule is Cc1cc(C=C(C#N)C#N)c(F)cc1Cl. The lowest BCUT2D eigenvalue weighted by molar-refractivity contribution is 0.624. The molecule has 1 rings (SSSR count). The highest BCUT2D eigenvalue weighted by molar-refractivity contribution is 6.31. The second-order valence-electron chi connectivity index (χ2n) is 2.90. The Labute approximate surface area is 91.8 Å². The molecule has 1 aromatic rings. The van der Waals surface area contributed by atoms with Gasteiger partial charge < -0.3 is 0 Å². The predicted molar refractivity (Wildman–Crippen MR) is 55.4 cm³/mol. The summed E-state index contributed by atoms with van der Waals surface area (Å²) in [6, 6.07) is 5.98. The average molecular weight is 221 g/mol. The molecule has 0 radical (unpaired) electrons. The molecule has 0 saturated heterocycles. The smallest absolute Gasteiger partial charge is 0.131 e. The molecule has 0 heterocycles. The van der Waals surface area contributed by atoms with Crippen LogP contribution < -0.4 is 0 Å². The van der Waals surface area contributed by atoms with Crippen LogP contribution in [0, 0.1) is 35.4 Å². The van der Waals surface area contributed by atoms with Crippen LogP contribution in [0.3, 0.4) is 0 Å². The molecule has 0 aromatic heterocycles. The second-order valence-corrected chi connectivity index (χ2v) is 3.31. The highest BCUT2D eigenvalue weighted by Gasteiger charge is 2.05. The van der Waals surface area contributed by atoms with Crippen molar-refractivity contribution in [2.24, 2.45) is 0 Å². The fourth-order valence-corrected chi connectivity index (χ4v) is 1.19. The van der Waals surface area contributed by atoms with Gasteiger partial charge in [0.25, 0.3) is 0 Å². The second kappa shape index (κ2) is 4.59. The molecule has 0 spiro atoms. The molecular weight excluding hydrogens is 215 g/mol. The van der Waals surface area contributed by atoms with Gasteiger partial charge in [0.1, 0.15) is 23.5 Å². The molecule has 0 fully saturated rings. The van der Waals surface area contributed by atoms with Gasteiger partial charge in [-0.15, -0.1) is 0 Å². The van der Waals surface area contributed by atoms with Gasteiger partial charge in [0.05, 0.1) is 0 Å². The molecule has 0 aliphatic rings. The molecule has 0 atom stereocenters. The molecular formula is C11H6ClFN2. The van der Waals surface area contributed by atoms with Gasteiger partial charge in [-0.1, -0.05) is 11.6 Å². The van der Waals surface area contributed by atoms with Crippen molar-refractivity contribution < 1.29 is 4.39 Å². The van der Waals surface area contributed by atoms with E-state index in [1.165, 1.54) is 12.1 Å². The van der Waals surface area contributed by atoms with E-state index in [9.17, 15) is 4.39 Å². The normalized spacial score (nSPS) is 8.87. The summed E-state index contributed by atoms with van der Waals surface area (Å²) >= 11 is 5.70. The first-order valence-corrected chi connectivity index (χ1v) is 4.44. The number of benzene rings is 1. The van der Waals surface area contributed by atoms with E-state index in [4.69, 9.17) is 22.1 Å². The maximum absolute atomic E-state index is 13.3. The number of allylic oxidation sites excluding steroid dienone is 1. The quantitative estimate of drug-likeness (QED) is 0.683. The average Bonchev–Trinajstić information content (AvgIpc) is 2.21.